The van der Waals surface area contributed by atoms with Gasteiger partial charge in [-0.05, 0) is 173 Å². The standard InChI is InChI=1S/C80H54B2N6/c1-51-23-21-29-55(43-51)85-73-50-74-66(49-65(73)81-63-35-13-19-41-71(63)83(53-25-5-3-6-26-53)75-45-57(47-77(85)79(75)81)87-67-37-15-9-31-59(67)60-32-10-16-38-68(60)87)82-64-36-14-20-42-72(64)84(54-27-7-4-8-28-54)76-46-58(48-78(80(76)82)86(74)56-30-22-24-52(2)44-56)88-69-39-17-11-33-61(69)62-34-12-18-40-70(62)88/h3-50H,1-2H3. The third-order valence-corrected chi connectivity index (χ3v) is 19.3. The molecule has 2 aromatic heterocycles. The van der Waals surface area contributed by atoms with E-state index < -0.39 is 0 Å². The summed E-state index contributed by atoms with van der Waals surface area (Å²) in [5, 5.41) is 4.93. The summed E-state index contributed by atoms with van der Waals surface area (Å²) in [6.45, 7) is 4.17. The summed E-state index contributed by atoms with van der Waals surface area (Å²) >= 11 is 0. The highest BCUT2D eigenvalue weighted by Crippen LogP contribution is 2.51. The second-order valence-electron chi connectivity index (χ2n) is 24.2. The number of hydrogen-bond acceptors (Lipinski definition) is 4. The van der Waals surface area contributed by atoms with E-state index in [-0.39, 0.29) is 13.4 Å². The number of fused-ring (bicyclic) bond motifs is 14. The first kappa shape index (κ1) is 49.1. The van der Waals surface area contributed by atoms with Gasteiger partial charge < -0.3 is 28.7 Å². The smallest absolute Gasteiger partial charge is 0.252 e. The van der Waals surface area contributed by atoms with Crippen molar-refractivity contribution >= 4 is 158 Å². The molecule has 15 aromatic rings. The molecule has 4 aliphatic rings. The fraction of sp³-hybridized carbons (Fsp3) is 0.0250. The molecule has 0 fully saturated rings. The summed E-state index contributed by atoms with van der Waals surface area (Å²) in [6, 6.07) is 110. The van der Waals surface area contributed by atoms with Crippen LogP contribution >= 0.6 is 0 Å². The van der Waals surface area contributed by atoms with Crippen LogP contribution in [0.25, 0.3) is 55.0 Å². The van der Waals surface area contributed by atoms with Crippen molar-refractivity contribution in [2.75, 3.05) is 19.6 Å². The van der Waals surface area contributed by atoms with Gasteiger partial charge in [0.2, 0.25) is 0 Å². The zero-order valence-electron chi connectivity index (χ0n) is 48.6. The molecule has 0 N–H and O–H groups in total. The number of benzene rings is 13. The van der Waals surface area contributed by atoms with Crippen LogP contribution < -0.4 is 52.4 Å². The monoisotopic (exact) mass is 1120 g/mol. The van der Waals surface area contributed by atoms with Crippen LogP contribution in [0.2, 0.25) is 0 Å². The van der Waals surface area contributed by atoms with Gasteiger partial charge in [0.15, 0.2) is 0 Å². The zero-order valence-corrected chi connectivity index (χ0v) is 48.6. The maximum atomic E-state index is 2.65. The summed E-state index contributed by atoms with van der Waals surface area (Å²) in [5.74, 6) is 0. The molecule has 19 rings (SSSR count). The molecule has 88 heavy (non-hydrogen) atoms. The molecule has 4 aliphatic heterocycles. The Morgan fingerprint density at radius 3 is 0.909 bits per heavy atom. The van der Waals surface area contributed by atoms with Gasteiger partial charge in [-0.15, -0.1) is 0 Å². The molecule has 0 amide bonds. The van der Waals surface area contributed by atoms with E-state index in [1.807, 2.05) is 0 Å². The molecule has 13 aromatic carbocycles. The quantitative estimate of drug-likeness (QED) is 0.155. The molecule has 6 nitrogen and oxygen atoms in total. The van der Waals surface area contributed by atoms with E-state index in [0.717, 1.165) is 56.9 Å². The van der Waals surface area contributed by atoms with Crippen LogP contribution in [0, 0.1) is 13.8 Å². The average molecular weight is 1120 g/mol. The van der Waals surface area contributed by atoms with E-state index in [0.29, 0.717) is 0 Å². The van der Waals surface area contributed by atoms with Gasteiger partial charge >= 0.3 is 0 Å². The van der Waals surface area contributed by atoms with Gasteiger partial charge in [-0.2, -0.15) is 0 Å². The molecular weight excluding hydrogens is 1070 g/mol. The van der Waals surface area contributed by atoms with E-state index in [1.54, 1.807) is 0 Å². The Labute approximate surface area is 511 Å². The lowest BCUT2D eigenvalue weighted by Crippen LogP contribution is -2.65. The lowest BCUT2D eigenvalue weighted by molar-refractivity contribution is 1.15. The van der Waals surface area contributed by atoms with Crippen molar-refractivity contribution in [1.29, 1.82) is 0 Å². The third kappa shape index (κ3) is 6.91. The Balaban J connectivity index is 0.958. The van der Waals surface area contributed by atoms with E-state index in [1.165, 1.54) is 110 Å². The van der Waals surface area contributed by atoms with Crippen molar-refractivity contribution in [2.45, 2.75) is 13.8 Å². The van der Waals surface area contributed by atoms with Crippen LogP contribution in [-0.4, -0.2) is 22.6 Å². The van der Waals surface area contributed by atoms with E-state index in [2.05, 4.69) is 334 Å². The van der Waals surface area contributed by atoms with Gasteiger partial charge in [0.05, 0.1) is 33.4 Å². The van der Waals surface area contributed by atoms with Crippen LogP contribution in [0.5, 0.6) is 0 Å². The predicted octanol–water partition coefficient (Wildman–Crippen LogP) is 16.7. The SMILES string of the molecule is Cc1cccc(N2c3cc4c(cc3B3c5ccccc5N(c5ccccc5)c5cc(-n6c7ccccc7c7ccccc76)cc2c53)B2c3ccccc3N(c3ccccc3)c3cc(-n5c6ccccc6c6ccccc65)cc(c32)N4c2cccc(C)c2)c1. The number of hydrogen-bond donors (Lipinski definition) is 0. The van der Waals surface area contributed by atoms with Crippen molar-refractivity contribution in [1.82, 2.24) is 9.13 Å². The fourth-order valence-corrected chi connectivity index (χ4v) is 15.8. The lowest BCUT2D eigenvalue weighted by atomic mass is 9.30. The van der Waals surface area contributed by atoms with Gasteiger partial charge in [-0.3, -0.25) is 0 Å². The van der Waals surface area contributed by atoms with Crippen molar-refractivity contribution in [2.24, 2.45) is 0 Å². The fourth-order valence-electron chi connectivity index (χ4n) is 15.8. The summed E-state index contributed by atoms with van der Waals surface area (Å²) in [4.78, 5) is 10.3. The molecule has 6 heterocycles. The van der Waals surface area contributed by atoms with Crippen LogP contribution in [0.3, 0.4) is 0 Å². The lowest BCUT2D eigenvalue weighted by Gasteiger charge is -2.47. The highest BCUT2D eigenvalue weighted by molar-refractivity contribution is 7.03. The second kappa shape index (κ2) is 18.6. The highest BCUT2D eigenvalue weighted by Gasteiger charge is 2.49. The molecule has 410 valence electrons. The Bertz CT molecular complexity index is 5000. The molecule has 0 saturated carbocycles. The van der Waals surface area contributed by atoms with Crippen LogP contribution in [-0.2, 0) is 0 Å². The van der Waals surface area contributed by atoms with Crippen molar-refractivity contribution in [3.63, 3.8) is 0 Å². The molecule has 0 atom stereocenters. The van der Waals surface area contributed by atoms with Gasteiger partial charge in [0, 0.05) is 89.8 Å². The Morgan fingerprint density at radius 1 is 0.216 bits per heavy atom. The molecule has 0 unspecified atom stereocenters. The number of aryl methyl sites for hydroxylation is 2. The number of para-hydroxylation sites is 8. The molecular formula is C80H54B2N6. The van der Waals surface area contributed by atoms with Gasteiger partial charge in [0.1, 0.15) is 0 Å². The highest BCUT2D eigenvalue weighted by atomic mass is 15.2. The first-order chi connectivity index (χ1) is 43.5. The van der Waals surface area contributed by atoms with Crippen LogP contribution in [0.4, 0.5) is 68.2 Å². The van der Waals surface area contributed by atoms with Gasteiger partial charge in [-0.1, -0.05) is 176 Å². The average Bonchev–Trinajstić information content (AvgIpc) is 0.807. The second-order valence-corrected chi connectivity index (χ2v) is 24.2. The summed E-state index contributed by atoms with van der Waals surface area (Å²) in [6.07, 6.45) is 0. The molecule has 0 bridgehead atoms. The number of rotatable bonds is 6. The van der Waals surface area contributed by atoms with E-state index in [9.17, 15) is 0 Å². The Hall–Kier alpha value is -11.2. The number of nitrogens with zero attached hydrogens (tertiary/aromatic N) is 6. The summed E-state index contributed by atoms with van der Waals surface area (Å²) < 4.78 is 5.00. The summed E-state index contributed by atoms with van der Waals surface area (Å²) in [5.41, 5.74) is 30.7. The maximum Gasteiger partial charge on any atom is 0.252 e. The molecule has 0 aliphatic carbocycles. The minimum atomic E-state index is -0.139. The minimum Gasteiger partial charge on any atom is -0.311 e. The maximum absolute atomic E-state index is 2.65. The Morgan fingerprint density at radius 2 is 0.534 bits per heavy atom. The van der Waals surface area contributed by atoms with Crippen LogP contribution in [0.15, 0.2) is 291 Å². The molecule has 0 saturated heterocycles. The topological polar surface area (TPSA) is 22.8 Å². The molecule has 8 heteroatoms. The zero-order chi connectivity index (χ0) is 57.9. The van der Waals surface area contributed by atoms with E-state index >= 15 is 0 Å². The largest absolute Gasteiger partial charge is 0.311 e. The van der Waals surface area contributed by atoms with Crippen LogP contribution in [0.1, 0.15) is 11.1 Å². The van der Waals surface area contributed by atoms with Crippen molar-refractivity contribution < 1.29 is 0 Å². The molecule has 0 radical (unpaired) electrons. The minimum absolute atomic E-state index is 0.139. The number of aromatic nitrogens is 2. The predicted molar refractivity (Wildman–Crippen MR) is 373 cm³/mol. The normalized spacial score (nSPS) is 13.4. The van der Waals surface area contributed by atoms with E-state index in [4.69, 9.17) is 0 Å². The van der Waals surface area contributed by atoms with Crippen molar-refractivity contribution in [3.8, 4) is 11.4 Å². The number of anilines is 12. The van der Waals surface area contributed by atoms with Gasteiger partial charge in [-0.25, -0.2) is 0 Å². The first-order valence-electron chi connectivity index (χ1n) is 30.6. The third-order valence-electron chi connectivity index (χ3n) is 19.3. The van der Waals surface area contributed by atoms with Gasteiger partial charge in [0.25, 0.3) is 13.4 Å². The Kier molecular flexibility index (Phi) is 10.4. The first-order valence-corrected chi connectivity index (χ1v) is 30.6. The summed E-state index contributed by atoms with van der Waals surface area (Å²) in [7, 11) is 0. The van der Waals surface area contributed by atoms with Crippen molar-refractivity contribution in [3.05, 3.63) is 302 Å². The molecule has 0 spiro atoms.